The summed E-state index contributed by atoms with van der Waals surface area (Å²) in [7, 11) is 0. The lowest BCUT2D eigenvalue weighted by Gasteiger charge is -2.27. The number of benzene rings is 2. The van der Waals surface area contributed by atoms with Crippen LogP contribution in [0.25, 0.3) is 11.0 Å². The number of hydrogen-bond donors (Lipinski definition) is 0. The van der Waals surface area contributed by atoms with E-state index >= 15 is 0 Å². The molecule has 1 saturated heterocycles. The van der Waals surface area contributed by atoms with Crippen LogP contribution in [0.1, 0.15) is 46.1 Å². The molecule has 2 aromatic carbocycles. The van der Waals surface area contributed by atoms with E-state index in [4.69, 9.17) is 9.15 Å². The van der Waals surface area contributed by atoms with Gasteiger partial charge in [0.1, 0.15) is 5.58 Å². The monoisotopic (exact) mass is 453 g/mol. The van der Waals surface area contributed by atoms with Crippen molar-refractivity contribution in [3.05, 3.63) is 79.6 Å². The molecule has 0 saturated carbocycles. The highest BCUT2D eigenvalue weighted by molar-refractivity contribution is 9.10. The van der Waals surface area contributed by atoms with Gasteiger partial charge in [-0.25, -0.2) is 0 Å². The van der Waals surface area contributed by atoms with E-state index in [2.05, 4.69) is 15.9 Å². The first-order valence-electron chi connectivity index (χ1n) is 9.78. The van der Waals surface area contributed by atoms with Crippen molar-refractivity contribution in [2.45, 2.75) is 31.9 Å². The summed E-state index contributed by atoms with van der Waals surface area (Å²) in [5.41, 5.74) is 2.60. The number of fused-ring (bicyclic) bond motifs is 2. The van der Waals surface area contributed by atoms with Gasteiger partial charge in [-0.2, -0.15) is 0 Å². The van der Waals surface area contributed by atoms with Crippen LogP contribution in [0.15, 0.2) is 56.1 Å². The summed E-state index contributed by atoms with van der Waals surface area (Å²) in [6.07, 6.45) is 1.89. The van der Waals surface area contributed by atoms with E-state index in [1.807, 2.05) is 43.3 Å². The summed E-state index contributed by atoms with van der Waals surface area (Å²) in [5.74, 6) is -0.0970. The standard InChI is InChI=1S/C23H20BrNO4/c1-13-4-9-18-17(11-13)21(26)19-20(14-5-7-15(24)8-6-14)25(23(27)22(19)29-18)12-16-3-2-10-28-16/h4-9,11,16,20H,2-3,10,12H2,1H3/t16-,20-/m0/s1. The molecule has 2 aliphatic rings. The molecule has 2 atom stereocenters. The molecule has 0 unspecified atom stereocenters. The highest BCUT2D eigenvalue weighted by atomic mass is 79.9. The lowest BCUT2D eigenvalue weighted by molar-refractivity contribution is 0.0486. The molecule has 0 aliphatic carbocycles. The van der Waals surface area contributed by atoms with E-state index in [1.165, 1.54) is 0 Å². The van der Waals surface area contributed by atoms with Crippen molar-refractivity contribution in [3.8, 4) is 0 Å². The number of carbonyl (C=O) groups excluding carboxylic acids is 1. The number of hydrogen-bond acceptors (Lipinski definition) is 4. The SMILES string of the molecule is Cc1ccc2oc3c(c(=O)c2c1)[C@H](c1ccc(Br)cc1)N(C[C@@H]1CCCO1)C3=O. The summed E-state index contributed by atoms with van der Waals surface area (Å²) in [4.78, 5) is 28.5. The van der Waals surface area contributed by atoms with Gasteiger partial charge in [0.05, 0.1) is 23.1 Å². The maximum absolute atomic E-state index is 13.5. The van der Waals surface area contributed by atoms with E-state index < -0.39 is 6.04 Å². The minimum atomic E-state index is -0.476. The molecule has 0 radical (unpaired) electrons. The van der Waals surface area contributed by atoms with Crippen LogP contribution < -0.4 is 5.43 Å². The molecule has 5 nitrogen and oxygen atoms in total. The van der Waals surface area contributed by atoms with Gasteiger partial charge < -0.3 is 14.1 Å². The van der Waals surface area contributed by atoms with Gasteiger partial charge in [-0.3, -0.25) is 9.59 Å². The van der Waals surface area contributed by atoms with Gasteiger partial charge in [-0.05, 0) is 49.6 Å². The van der Waals surface area contributed by atoms with Crippen molar-refractivity contribution in [1.82, 2.24) is 4.90 Å². The highest BCUT2D eigenvalue weighted by Gasteiger charge is 2.43. The van der Waals surface area contributed by atoms with Gasteiger partial charge in [0.25, 0.3) is 5.91 Å². The number of carbonyl (C=O) groups is 1. The average Bonchev–Trinajstić information content (AvgIpc) is 3.32. The molecule has 1 fully saturated rings. The second-order valence-corrected chi connectivity index (χ2v) is 8.64. The lowest BCUT2D eigenvalue weighted by Crippen LogP contribution is -2.36. The predicted octanol–water partition coefficient (Wildman–Crippen LogP) is 4.59. The lowest BCUT2D eigenvalue weighted by atomic mass is 9.98. The van der Waals surface area contributed by atoms with E-state index in [0.29, 0.717) is 29.7 Å². The molecule has 1 amide bonds. The number of rotatable bonds is 3. The van der Waals surface area contributed by atoms with Gasteiger partial charge in [0.15, 0.2) is 5.43 Å². The largest absolute Gasteiger partial charge is 0.450 e. The predicted molar refractivity (Wildman–Crippen MR) is 113 cm³/mol. The van der Waals surface area contributed by atoms with Gasteiger partial charge >= 0.3 is 0 Å². The topological polar surface area (TPSA) is 59.8 Å². The smallest absolute Gasteiger partial charge is 0.291 e. The minimum absolute atomic E-state index is 0.0158. The zero-order valence-corrected chi connectivity index (χ0v) is 17.6. The van der Waals surface area contributed by atoms with Crippen LogP contribution in [-0.2, 0) is 4.74 Å². The van der Waals surface area contributed by atoms with E-state index in [0.717, 1.165) is 28.4 Å². The van der Waals surface area contributed by atoms with Crippen LogP contribution >= 0.6 is 15.9 Å². The Balaban J connectivity index is 1.71. The summed E-state index contributed by atoms with van der Waals surface area (Å²) in [6, 6.07) is 12.7. The Morgan fingerprint density at radius 3 is 2.66 bits per heavy atom. The van der Waals surface area contributed by atoms with Crippen molar-refractivity contribution >= 4 is 32.8 Å². The second kappa shape index (κ2) is 7.11. The third-order valence-corrected chi connectivity index (χ3v) is 6.26. The van der Waals surface area contributed by atoms with Gasteiger partial charge in [0.2, 0.25) is 5.76 Å². The Morgan fingerprint density at radius 2 is 1.93 bits per heavy atom. The first-order valence-corrected chi connectivity index (χ1v) is 10.6. The Kier molecular flexibility index (Phi) is 4.56. The van der Waals surface area contributed by atoms with Crippen molar-refractivity contribution in [3.63, 3.8) is 0 Å². The van der Waals surface area contributed by atoms with E-state index in [-0.39, 0.29) is 23.2 Å². The highest BCUT2D eigenvalue weighted by Crippen LogP contribution is 2.39. The molecule has 3 aromatic rings. The van der Waals surface area contributed by atoms with Crippen LogP contribution in [0.4, 0.5) is 0 Å². The van der Waals surface area contributed by atoms with E-state index in [1.54, 1.807) is 11.0 Å². The van der Waals surface area contributed by atoms with E-state index in [9.17, 15) is 9.59 Å². The third-order valence-electron chi connectivity index (χ3n) is 5.73. The molecule has 5 rings (SSSR count). The summed E-state index contributed by atoms with van der Waals surface area (Å²) < 4.78 is 12.7. The molecule has 1 aromatic heterocycles. The molecular formula is C23H20BrNO4. The third kappa shape index (κ3) is 3.11. The Hall–Kier alpha value is -2.44. The fourth-order valence-electron chi connectivity index (χ4n) is 4.32. The molecule has 148 valence electrons. The number of amides is 1. The van der Waals surface area contributed by atoms with Crippen molar-refractivity contribution in [2.24, 2.45) is 0 Å². The van der Waals surface area contributed by atoms with Crippen LogP contribution in [0.2, 0.25) is 0 Å². The van der Waals surface area contributed by atoms with Crippen molar-refractivity contribution in [2.75, 3.05) is 13.2 Å². The van der Waals surface area contributed by atoms with Crippen LogP contribution in [0.5, 0.6) is 0 Å². The maximum atomic E-state index is 13.5. The summed E-state index contributed by atoms with van der Waals surface area (Å²) in [5, 5.41) is 0.512. The van der Waals surface area contributed by atoms with Crippen molar-refractivity contribution < 1.29 is 13.9 Å². The number of ether oxygens (including phenoxy) is 1. The van der Waals surface area contributed by atoms with Crippen LogP contribution in [0.3, 0.4) is 0 Å². The summed E-state index contributed by atoms with van der Waals surface area (Å²) in [6.45, 7) is 3.09. The first kappa shape index (κ1) is 18.6. The Labute approximate surface area is 176 Å². The molecule has 0 bridgehead atoms. The van der Waals surface area contributed by atoms with Gasteiger partial charge in [-0.1, -0.05) is 39.7 Å². The van der Waals surface area contributed by atoms with Crippen molar-refractivity contribution in [1.29, 1.82) is 0 Å². The normalized spacial score (nSPS) is 21.2. The quantitative estimate of drug-likeness (QED) is 0.581. The molecule has 0 N–H and O–H groups in total. The van der Waals surface area contributed by atoms with Gasteiger partial charge in [-0.15, -0.1) is 0 Å². The summed E-state index contributed by atoms with van der Waals surface area (Å²) >= 11 is 3.46. The van der Waals surface area contributed by atoms with Crippen LogP contribution in [0, 0.1) is 6.92 Å². The maximum Gasteiger partial charge on any atom is 0.291 e. The number of aryl methyl sites for hydroxylation is 1. The van der Waals surface area contributed by atoms with Gasteiger partial charge in [0, 0.05) is 17.6 Å². The zero-order chi connectivity index (χ0) is 20.1. The molecule has 29 heavy (non-hydrogen) atoms. The fraction of sp³-hybridized carbons (Fsp3) is 0.304. The van der Waals surface area contributed by atoms with Crippen LogP contribution in [-0.4, -0.2) is 30.1 Å². The Morgan fingerprint density at radius 1 is 1.14 bits per heavy atom. The molecule has 2 aliphatic heterocycles. The molecule has 0 spiro atoms. The minimum Gasteiger partial charge on any atom is -0.450 e. The fourth-order valence-corrected chi connectivity index (χ4v) is 4.59. The number of halogens is 1. The second-order valence-electron chi connectivity index (χ2n) is 7.72. The first-order chi connectivity index (χ1) is 14.0. The average molecular weight is 454 g/mol. The number of nitrogens with zero attached hydrogens (tertiary/aromatic N) is 1. The molecule has 3 heterocycles. The molecule has 6 heteroatoms. The Bertz CT molecular complexity index is 1160. The molecular weight excluding hydrogens is 434 g/mol. The zero-order valence-electron chi connectivity index (χ0n) is 16.0.